The highest BCUT2D eigenvalue weighted by molar-refractivity contribution is 5.94. The number of benzene rings is 2. The number of rotatable bonds is 6. The number of imidazole rings is 1. The number of carbonyl (C=O) groups is 1. The monoisotopic (exact) mass is 369 g/mol. The number of nitrogens with one attached hydrogen (secondary N) is 1. The lowest BCUT2D eigenvalue weighted by atomic mass is 10.0. The molecule has 0 aliphatic heterocycles. The van der Waals surface area contributed by atoms with Gasteiger partial charge in [-0.1, -0.05) is 67.9 Å². The van der Waals surface area contributed by atoms with Crippen molar-refractivity contribution in [3.63, 3.8) is 0 Å². The minimum atomic E-state index is 0.0340. The quantitative estimate of drug-likeness (QED) is 0.467. The third kappa shape index (κ3) is 3.81. The SMILES string of the molecule is CCCCC(=O)Nc1cccn2cc(-c3ccc(-c4ccccc4)cc3)nc12. The topological polar surface area (TPSA) is 46.4 Å². The molecule has 2 aromatic carbocycles. The Morgan fingerprint density at radius 3 is 2.39 bits per heavy atom. The van der Waals surface area contributed by atoms with E-state index in [0.717, 1.165) is 35.4 Å². The minimum absolute atomic E-state index is 0.0340. The lowest BCUT2D eigenvalue weighted by Crippen LogP contribution is -2.11. The van der Waals surface area contributed by atoms with E-state index in [1.807, 2.05) is 47.1 Å². The molecule has 0 spiro atoms. The Morgan fingerprint density at radius 1 is 0.929 bits per heavy atom. The normalized spacial score (nSPS) is 10.9. The molecule has 0 aliphatic rings. The largest absolute Gasteiger partial charge is 0.323 e. The Labute approximate surface area is 164 Å². The summed E-state index contributed by atoms with van der Waals surface area (Å²) in [5.74, 6) is 0.0340. The van der Waals surface area contributed by atoms with Crippen LogP contribution in [-0.2, 0) is 4.79 Å². The lowest BCUT2D eigenvalue weighted by molar-refractivity contribution is -0.116. The summed E-state index contributed by atoms with van der Waals surface area (Å²) in [6.07, 6.45) is 6.37. The third-order valence-electron chi connectivity index (χ3n) is 4.80. The van der Waals surface area contributed by atoms with E-state index in [4.69, 9.17) is 4.98 Å². The molecule has 1 amide bonds. The predicted molar refractivity (Wildman–Crippen MR) is 114 cm³/mol. The summed E-state index contributed by atoms with van der Waals surface area (Å²) in [6.45, 7) is 2.08. The molecular weight excluding hydrogens is 346 g/mol. The second kappa shape index (κ2) is 8.09. The maximum atomic E-state index is 12.1. The Morgan fingerprint density at radius 2 is 1.64 bits per heavy atom. The van der Waals surface area contributed by atoms with Gasteiger partial charge in [-0.05, 0) is 29.7 Å². The number of unbranched alkanes of at least 4 members (excludes halogenated alkanes) is 1. The van der Waals surface area contributed by atoms with Crippen molar-refractivity contribution in [2.45, 2.75) is 26.2 Å². The highest BCUT2D eigenvalue weighted by Gasteiger charge is 2.10. The van der Waals surface area contributed by atoms with Gasteiger partial charge in [-0.25, -0.2) is 4.98 Å². The molecule has 2 aromatic heterocycles. The summed E-state index contributed by atoms with van der Waals surface area (Å²) in [6, 6.07) is 22.5. The van der Waals surface area contributed by atoms with E-state index >= 15 is 0 Å². The number of hydrogen-bond acceptors (Lipinski definition) is 2. The Hall–Kier alpha value is -3.40. The van der Waals surface area contributed by atoms with Gasteiger partial charge in [-0.15, -0.1) is 0 Å². The van der Waals surface area contributed by atoms with E-state index < -0.39 is 0 Å². The Balaban J connectivity index is 1.61. The van der Waals surface area contributed by atoms with Crippen molar-refractivity contribution in [1.82, 2.24) is 9.38 Å². The van der Waals surface area contributed by atoms with Gasteiger partial charge >= 0.3 is 0 Å². The molecule has 28 heavy (non-hydrogen) atoms. The molecule has 0 bridgehead atoms. The molecule has 2 heterocycles. The number of amides is 1. The van der Waals surface area contributed by atoms with E-state index in [1.165, 1.54) is 11.1 Å². The summed E-state index contributed by atoms with van der Waals surface area (Å²) in [7, 11) is 0. The van der Waals surface area contributed by atoms with Crippen molar-refractivity contribution < 1.29 is 4.79 Å². The van der Waals surface area contributed by atoms with Crippen LogP contribution in [0, 0.1) is 0 Å². The fourth-order valence-electron chi connectivity index (χ4n) is 3.26. The van der Waals surface area contributed by atoms with Crippen LogP contribution in [0.5, 0.6) is 0 Å². The van der Waals surface area contributed by atoms with Crippen LogP contribution in [0.25, 0.3) is 28.0 Å². The van der Waals surface area contributed by atoms with Crippen molar-refractivity contribution in [2.24, 2.45) is 0 Å². The van der Waals surface area contributed by atoms with Gasteiger partial charge in [0, 0.05) is 24.4 Å². The van der Waals surface area contributed by atoms with Crippen molar-refractivity contribution >= 4 is 17.2 Å². The molecule has 4 nitrogen and oxygen atoms in total. The fourth-order valence-corrected chi connectivity index (χ4v) is 3.26. The van der Waals surface area contributed by atoms with Crippen LogP contribution in [0.15, 0.2) is 79.1 Å². The number of aromatic nitrogens is 2. The molecule has 0 atom stereocenters. The number of hydrogen-bond donors (Lipinski definition) is 1. The molecule has 0 unspecified atom stereocenters. The smallest absolute Gasteiger partial charge is 0.224 e. The average Bonchev–Trinajstić information content (AvgIpc) is 3.18. The van der Waals surface area contributed by atoms with Crippen LogP contribution >= 0.6 is 0 Å². The molecule has 0 aliphatic carbocycles. The zero-order chi connectivity index (χ0) is 19.3. The van der Waals surface area contributed by atoms with Gasteiger partial charge in [0.2, 0.25) is 5.91 Å². The maximum Gasteiger partial charge on any atom is 0.224 e. The molecule has 4 heteroatoms. The number of anilines is 1. The summed E-state index contributed by atoms with van der Waals surface area (Å²) >= 11 is 0. The van der Waals surface area contributed by atoms with Crippen LogP contribution in [0.3, 0.4) is 0 Å². The first kappa shape index (κ1) is 18.0. The van der Waals surface area contributed by atoms with Gasteiger partial charge in [0.05, 0.1) is 11.4 Å². The first-order valence-corrected chi connectivity index (χ1v) is 9.68. The molecule has 0 saturated heterocycles. The zero-order valence-electron chi connectivity index (χ0n) is 15.9. The second-order valence-electron chi connectivity index (χ2n) is 6.87. The van der Waals surface area contributed by atoms with Crippen molar-refractivity contribution in [3.05, 3.63) is 79.1 Å². The average molecular weight is 369 g/mol. The first-order valence-electron chi connectivity index (χ1n) is 9.68. The van der Waals surface area contributed by atoms with Crippen LogP contribution in [0.2, 0.25) is 0 Å². The molecule has 0 fully saturated rings. The predicted octanol–water partition coefficient (Wildman–Crippen LogP) is 5.80. The first-order chi connectivity index (χ1) is 13.7. The summed E-state index contributed by atoms with van der Waals surface area (Å²) in [4.78, 5) is 16.9. The Bertz CT molecular complexity index is 1080. The van der Waals surface area contributed by atoms with Crippen LogP contribution < -0.4 is 5.32 Å². The highest BCUT2D eigenvalue weighted by atomic mass is 16.1. The van der Waals surface area contributed by atoms with Crippen LogP contribution in [-0.4, -0.2) is 15.3 Å². The minimum Gasteiger partial charge on any atom is -0.323 e. The second-order valence-corrected chi connectivity index (χ2v) is 6.87. The lowest BCUT2D eigenvalue weighted by Gasteiger charge is -2.05. The van der Waals surface area contributed by atoms with E-state index in [9.17, 15) is 4.79 Å². The van der Waals surface area contributed by atoms with Crippen LogP contribution in [0.1, 0.15) is 26.2 Å². The number of fused-ring (bicyclic) bond motifs is 1. The maximum absolute atomic E-state index is 12.1. The molecular formula is C24H23N3O. The summed E-state index contributed by atoms with van der Waals surface area (Å²) in [5, 5.41) is 2.99. The van der Waals surface area contributed by atoms with Gasteiger partial charge < -0.3 is 9.72 Å². The van der Waals surface area contributed by atoms with E-state index in [1.54, 1.807) is 0 Å². The van der Waals surface area contributed by atoms with Gasteiger partial charge in [0.25, 0.3) is 0 Å². The molecule has 1 N–H and O–H groups in total. The van der Waals surface area contributed by atoms with Crippen LogP contribution in [0.4, 0.5) is 5.69 Å². The highest BCUT2D eigenvalue weighted by Crippen LogP contribution is 2.26. The van der Waals surface area contributed by atoms with E-state index in [0.29, 0.717) is 6.42 Å². The summed E-state index contributed by atoms with van der Waals surface area (Å²) in [5.41, 5.74) is 5.81. The van der Waals surface area contributed by atoms with Gasteiger partial charge in [-0.3, -0.25) is 4.79 Å². The number of carbonyl (C=O) groups excluding carboxylic acids is 1. The van der Waals surface area contributed by atoms with Gasteiger partial charge in [0.15, 0.2) is 5.65 Å². The Kier molecular flexibility index (Phi) is 5.20. The van der Waals surface area contributed by atoms with E-state index in [2.05, 4.69) is 48.6 Å². The molecule has 0 saturated carbocycles. The van der Waals surface area contributed by atoms with Crippen molar-refractivity contribution in [2.75, 3.05) is 5.32 Å². The third-order valence-corrected chi connectivity index (χ3v) is 4.80. The zero-order valence-corrected chi connectivity index (χ0v) is 15.9. The standard InChI is InChI=1S/C24H23N3O/c1-2-3-11-23(28)25-21-10-7-16-27-17-22(26-24(21)27)20-14-12-19(13-15-20)18-8-5-4-6-9-18/h4-10,12-17H,2-3,11H2,1H3,(H,25,28). The van der Waals surface area contributed by atoms with Crippen molar-refractivity contribution in [1.29, 1.82) is 0 Å². The molecule has 4 rings (SSSR count). The van der Waals surface area contributed by atoms with Crippen molar-refractivity contribution in [3.8, 4) is 22.4 Å². The number of nitrogens with zero attached hydrogens (tertiary/aromatic N) is 2. The fraction of sp³-hybridized carbons (Fsp3) is 0.167. The van der Waals surface area contributed by atoms with E-state index in [-0.39, 0.29) is 5.91 Å². The van der Waals surface area contributed by atoms with Gasteiger partial charge in [-0.2, -0.15) is 0 Å². The molecule has 4 aromatic rings. The molecule has 140 valence electrons. The molecule has 0 radical (unpaired) electrons. The summed E-state index contributed by atoms with van der Waals surface area (Å²) < 4.78 is 1.95. The number of pyridine rings is 1. The van der Waals surface area contributed by atoms with Gasteiger partial charge in [0.1, 0.15) is 0 Å².